The van der Waals surface area contributed by atoms with E-state index in [4.69, 9.17) is 10.3 Å². The van der Waals surface area contributed by atoms with Crippen molar-refractivity contribution in [3.05, 3.63) is 11.7 Å². The highest BCUT2D eigenvalue weighted by Gasteiger charge is 2.23. The molecule has 4 heteroatoms. The van der Waals surface area contributed by atoms with Gasteiger partial charge in [-0.2, -0.15) is 4.98 Å². The Morgan fingerprint density at radius 3 is 2.87 bits per heavy atom. The molecule has 0 spiro atoms. The minimum atomic E-state index is 0.289. The fourth-order valence-corrected chi connectivity index (χ4v) is 2.17. The summed E-state index contributed by atoms with van der Waals surface area (Å²) in [5.41, 5.74) is 5.51. The van der Waals surface area contributed by atoms with Crippen LogP contribution in [0.2, 0.25) is 0 Å². The highest BCUT2D eigenvalue weighted by atomic mass is 16.5. The third-order valence-electron chi connectivity index (χ3n) is 3.20. The summed E-state index contributed by atoms with van der Waals surface area (Å²) in [6.07, 6.45) is 5.93. The van der Waals surface area contributed by atoms with Crippen LogP contribution in [0, 0.1) is 0 Å². The van der Waals surface area contributed by atoms with Crippen molar-refractivity contribution >= 4 is 0 Å². The second-order valence-corrected chi connectivity index (χ2v) is 4.45. The molecule has 1 heterocycles. The van der Waals surface area contributed by atoms with E-state index in [0.717, 1.165) is 18.1 Å². The van der Waals surface area contributed by atoms with Crippen LogP contribution in [0.1, 0.15) is 62.6 Å². The van der Waals surface area contributed by atoms with E-state index in [1.807, 2.05) is 0 Å². The molecule has 1 atom stereocenters. The topological polar surface area (TPSA) is 64.9 Å². The molecule has 1 fully saturated rings. The highest BCUT2D eigenvalue weighted by molar-refractivity contribution is 5.00. The first-order chi connectivity index (χ1) is 7.31. The van der Waals surface area contributed by atoms with Gasteiger partial charge in [0.05, 0.1) is 0 Å². The fraction of sp³-hybridized carbons (Fsp3) is 0.818. The van der Waals surface area contributed by atoms with Crippen LogP contribution >= 0.6 is 0 Å². The van der Waals surface area contributed by atoms with Gasteiger partial charge in [-0.25, -0.2) is 0 Å². The molecular formula is C11H19N3O. The first kappa shape index (κ1) is 10.6. The predicted molar refractivity (Wildman–Crippen MR) is 57.6 cm³/mol. The Balaban J connectivity index is 2.02. The minimum absolute atomic E-state index is 0.289. The number of aromatic nitrogens is 2. The average Bonchev–Trinajstić information content (AvgIpc) is 2.89. The summed E-state index contributed by atoms with van der Waals surface area (Å²) < 4.78 is 5.27. The lowest BCUT2D eigenvalue weighted by Gasteiger charge is -2.02. The van der Waals surface area contributed by atoms with E-state index in [9.17, 15) is 0 Å². The molecule has 2 N–H and O–H groups in total. The van der Waals surface area contributed by atoms with Crippen molar-refractivity contribution in [1.82, 2.24) is 10.1 Å². The van der Waals surface area contributed by atoms with Crippen LogP contribution in [-0.4, -0.2) is 16.7 Å². The van der Waals surface area contributed by atoms with Crippen molar-refractivity contribution in [2.24, 2.45) is 5.73 Å². The SMILES string of the molecule is CC(CCN)c1nc(C2CCCC2)no1. The van der Waals surface area contributed by atoms with Crippen molar-refractivity contribution in [2.45, 2.75) is 50.9 Å². The van der Waals surface area contributed by atoms with Gasteiger partial charge in [0, 0.05) is 11.8 Å². The van der Waals surface area contributed by atoms with Gasteiger partial charge in [-0.1, -0.05) is 24.9 Å². The van der Waals surface area contributed by atoms with Gasteiger partial charge < -0.3 is 10.3 Å². The zero-order valence-corrected chi connectivity index (χ0v) is 9.28. The van der Waals surface area contributed by atoms with Crippen LogP contribution in [0.15, 0.2) is 4.52 Å². The maximum atomic E-state index is 5.51. The van der Waals surface area contributed by atoms with E-state index >= 15 is 0 Å². The molecule has 1 saturated carbocycles. The highest BCUT2D eigenvalue weighted by Crippen LogP contribution is 2.32. The number of hydrogen-bond acceptors (Lipinski definition) is 4. The number of nitrogens with two attached hydrogens (primary N) is 1. The molecule has 2 rings (SSSR count). The lowest BCUT2D eigenvalue weighted by Crippen LogP contribution is -2.05. The number of nitrogens with zero attached hydrogens (tertiary/aromatic N) is 2. The Hall–Kier alpha value is -0.900. The lowest BCUT2D eigenvalue weighted by atomic mass is 10.1. The molecule has 1 aromatic heterocycles. The normalized spacial score (nSPS) is 19.6. The Morgan fingerprint density at radius 2 is 2.20 bits per heavy atom. The molecule has 0 aliphatic heterocycles. The van der Waals surface area contributed by atoms with Gasteiger partial charge in [0.2, 0.25) is 5.89 Å². The lowest BCUT2D eigenvalue weighted by molar-refractivity contribution is 0.348. The number of rotatable bonds is 4. The van der Waals surface area contributed by atoms with E-state index in [-0.39, 0.29) is 5.92 Å². The molecule has 84 valence electrons. The number of hydrogen-bond donors (Lipinski definition) is 1. The molecule has 4 nitrogen and oxygen atoms in total. The molecule has 1 aliphatic rings. The Labute approximate surface area is 90.2 Å². The Kier molecular flexibility index (Phi) is 3.36. The van der Waals surface area contributed by atoms with E-state index < -0.39 is 0 Å². The Bertz CT molecular complexity index is 305. The molecule has 0 bridgehead atoms. The van der Waals surface area contributed by atoms with Gasteiger partial charge in [-0.05, 0) is 25.8 Å². The van der Waals surface area contributed by atoms with Crippen LogP contribution < -0.4 is 5.73 Å². The molecule has 1 aliphatic carbocycles. The second kappa shape index (κ2) is 4.75. The summed E-state index contributed by atoms with van der Waals surface area (Å²) in [6.45, 7) is 2.75. The largest absolute Gasteiger partial charge is 0.339 e. The molecule has 0 aromatic carbocycles. The van der Waals surface area contributed by atoms with Crippen LogP contribution in [0.25, 0.3) is 0 Å². The molecular weight excluding hydrogens is 190 g/mol. The maximum Gasteiger partial charge on any atom is 0.229 e. The third kappa shape index (κ3) is 2.37. The smallest absolute Gasteiger partial charge is 0.229 e. The summed E-state index contributed by atoms with van der Waals surface area (Å²) in [5, 5.41) is 4.07. The van der Waals surface area contributed by atoms with E-state index in [0.29, 0.717) is 12.5 Å². The summed E-state index contributed by atoms with van der Waals surface area (Å²) in [5.74, 6) is 2.49. The van der Waals surface area contributed by atoms with Crippen LogP contribution in [0.4, 0.5) is 0 Å². The third-order valence-corrected chi connectivity index (χ3v) is 3.20. The van der Waals surface area contributed by atoms with Gasteiger partial charge in [0.15, 0.2) is 5.82 Å². The second-order valence-electron chi connectivity index (χ2n) is 4.45. The predicted octanol–water partition coefficient (Wildman–Crippen LogP) is 2.18. The van der Waals surface area contributed by atoms with Gasteiger partial charge in [0.25, 0.3) is 0 Å². The minimum Gasteiger partial charge on any atom is -0.339 e. The average molecular weight is 209 g/mol. The first-order valence-corrected chi connectivity index (χ1v) is 5.85. The van der Waals surface area contributed by atoms with Gasteiger partial charge >= 0.3 is 0 Å². The summed E-state index contributed by atoms with van der Waals surface area (Å²) in [4.78, 5) is 4.48. The van der Waals surface area contributed by atoms with Crippen molar-refractivity contribution < 1.29 is 4.52 Å². The van der Waals surface area contributed by atoms with Crippen molar-refractivity contribution in [2.75, 3.05) is 6.54 Å². The maximum absolute atomic E-state index is 5.51. The van der Waals surface area contributed by atoms with Crippen molar-refractivity contribution in [1.29, 1.82) is 0 Å². The van der Waals surface area contributed by atoms with Crippen molar-refractivity contribution in [3.8, 4) is 0 Å². The van der Waals surface area contributed by atoms with E-state index in [1.165, 1.54) is 25.7 Å². The van der Waals surface area contributed by atoms with Gasteiger partial charge in [-0.3, -0.25) is 0 Å². The van der Waals surface area contributed by atoms with Crippen molar-refractivity contribution in [3.63, 3.8) is 0 Å². The van der Waals surface area contributed by atoms with Crippen LogP contribution in [-0.2, 0) is 0 Å². The Morgan fingerprint density at radius 1 is 1.47 bits per heavy atom. The monoisotopic (exact) mass is 209 g/mol. The molecule has 0 amide bonds. The molecule has 15 heavy (non-hydrogen) atoms. The van der Waals surface area contributed by atoms with Crippen LogP contribution in [0.3, 0.4) is 0 Å². The summed E-state index contributed by atoms with van der Waals surface area (Å²) >= 11 is 0. The first-order valence-electron chi connectivity index (χ1n) is 5.85. The molecule has 1 unspecified atom stereocenters. The van der Waals surface area contributed by atoms with E-state index in [2.05, 4.69) is 17.1 Å². The zero-order chi connectivity index (χ0) is 10.7. The molecule has 0 radical (unpaired) electrons. The summed E-state index contributed by atoms with van der Waals surface area (Å²) in [7, 11) is 0. The molecule has 0 saturated heterocycles. The zero-order valence-electron chi connectivity index (χ0n) is 9.28. The summed E-state index contributed by atoms with van der Waals surface area (Å²) in [6, 6.07) is 0. The van der Waals surface area contributed by atoms with Crippen LogP contribution in [0.5, 0.6) is 0 Å². The van der Waals surface area contributed by atoms with Gasteiger partial charge in [-0.15, -0.1) is 0 Å². The van der Waals surface area contributed by atoms with E-state index in [1.54, 1.807) is 0 Å². The standard InChI is InChI=1S/C11H19N3O/c1-8(6-7-12)11-13-10(14-15-11)9-4-2-3-5-9/h8-9H,2-7,12H2,1H3. The van der Waals surface area contributed by atoms with Gasteiger partial charge in [0.1, 0.15) is 0 Å². The molecule has 1 aromatic rings. The fourth-order valence-electron chi connectivity index (χ4n) is 2.17. The quantitative estimate of drug-likeness (QED) is 0.825.